The van der Waals surface area contributed by atoms with Gasteiger partial charge in [-0.1, -0.05) is 47.5 Å². The second-order valence-corrected chi connectivity index (χ2v) is 7.48. The highest BCUT2D eigenvalue weighted by atomic mass is 35.5. The molecule has 0 bridgehead atoms. The smallest absolute Gasteiger partial charge is 0.333 e. The standard InChI is InChI=1S/C20H16Cl2N2O3/c1-23-17(25)16-11-20(12-3-7-14(21)8-4-12,13-5-9-15(22)10-6-13)27-18(16)24(2)19(23)26/h3-10H,11H2,1-2H3. The largest absolute Gasteiger partial charge is 0.462 e. The number of ether oxygens (including phenoxy) is 1. The maximum Gasteiger partial charge on any atom is 0.333 e. The van der Waals surface area contributed by atoms with Gasteiger partial charge >= 0.3 is 5.69 Å². The summed E-state index contributed by atoms with van der Waals surface area (Å²) in [6, 6.07) is 14.6. The highest BCUT2D eigenvalue weighted by molar-refractivity contribution is 6.30. The molecule has 3 aromatic rings. The Morgan fingerprint density at radius 3 is 1.81 bits per heavy atom. The molecule has 0 fully saturated rings. The maximum absolute atomic E-state index is 12.7. The molecule has 1 aromatic heterocycles. The molecule has 1 aliphatic rings. The number of nitrogens with zero attached hydrogens (tertiary/aromatic N) is 2. The topological polar surface area (TPSA) is 53.2 Å². The van der Waals surface area contributed by atoms with E-state index in [4.69, 9.17) is 27.9 Å². The number of halogens is 2. The summed E-state index contributed by atoms with van der Waals surface area (Å²) in [5, 5.41) is 1.20. The van der Waals surface area contributed by atoms with Crippen molar-refractivity contribution >= 4 is 23.2 Å². The van der Waals surface area contributed by atoms with Gasteiger partial charge < -0.3 is 4.74 Å². The molecule has 138 valence electrons. The van der Waals surface area contributed by atoms with Crippen LogP contribution in [0.5, 0.6) is 5.88 Å². The average molecular weight is 403 g/mol. The molecule has 5 nitrogen and oxygen atoms in total. The van der Waals surface area contributed by atoms with Crippen molar-refractivity contribution in [1.29, 1.82) is 0 Å². The Bertz CT molecular complexity index is 1100. The van der Waals surface area contributed by atoms with Gasteiger partial charge in [-0.25, -0.2) is 4.79 Å². The lowest BCUT2D eigenvalue weighted by Gasteiger charge is -2.30. The van der Waals surface area contributed by atoms with Crippen molar-refractivity contribution in [2.24, 2.45) is 14.1 Å². The summed E-state index contributed by atoms with van der Waals surface area (Å²) in [6.07, 6.45) is 0.298. The summed E-state index contributed by atoms with van der Waals surface area (Å²) in [5.74, 6) is 0.285. The summed E-state index contributed by atoms with van der Waals surface area (Å²) < 4.78 is 8.82. The Kier molecular flexibility index (Phi) is 4.17. The van der Waals surface area contributed by atoms with Gasteiger partial charge in [0.2, 0.25) is 5.88 Å². The first-order valence-electron chi connectivity index (χ1n) is 8.33. The van der Waals surface area contributed by atoms with Crippen molar-refractivity contribution in [1.82, 2.24) is 9.13 Å². The zero-order valence-corrected chi connectivity index (χ0v) is 16.2. The van der Waals surface area contributed by atoms with Crippen LogP contribution in [0.1, 0.15) is 16.7 Å². The predicted molar refractivity (Wildman–Crippen MR) is 105 cm³/mol. The van der Waals surface area contributed by atoms with Gasteiger partial charge in [0.1, 0.15) is 0 Å². The van der Waals surface area contributed by atoms with Gasteiger partial charge in [0.25, 0.3) is 5.56 Å². The number of hydrogen-bond donors (Lipinski definition) is 0. The van der Waals surface area contributed by atoms with E-state index in [1.165, 1.54) is 11.6 Å². The van der Waals surface area contributed by atoms with Crippen LogP contribution in [-0.4, -0.2) is 9.13 Å². The predicted octanol–water partition coefficient (Wildman–Crippen LogP) is 3.27. The van der Waals surface area contributed by atoms with Crippen LogP contribution in [0, 0.1) is 0 Å². The fourth-order valence-corrected chi connectivity index (χ4v) is 3.81. The second kappa shape index (κ2) is 6.29. The van der Waals surface area contributed by atoms with E-state index in [9.17, 15) is 9.59 Å². The lowest BCUT2D eigenvalue weighted by atomic mass is 9.83. The molecule has 0 aliphatic carbocycles. The van der Waals surface area contributed by atoms with Crippen molar-refractivity contribution in [2.75, 3.05) is 0 Å². The van der Waals surface area contributed by atoms with Crippen LogP contribution in [0.4, 0.5) is 0 Å². The van der Waals surface area contributed by atoms with E-state index in [0.717, 1.165) is 15.7 Å². The monoisotopic (exact) mass is 402 g/mol. The van der Waals surface area contributed by atoms with Gasteiger partial charge in [0.15, 0.2) is 5.60 Å². The molecule has 27 heavy (non-hydrogen) atoms. The molecule has 0 N–H and O–H groups in total. The number of fused-ring (bicyclic) bond motifs is 1. The molecular weight excluding hydrogens is 387 g/mol. The number of rotatable bonds is 2. The molecule has 2 heterocycles. The zero-order chi connectivity index (χ0) is 19.3. The minimum Gasteiger partial charge on any atom is -0.462 e. The van der Waals surface area contributed by atoms with Gasteiger partial charge in [-0.05, 0) is 24.3 Å². The fourth-order valence-electron chi connectivity index (χ4n) is 3.55. The molecule has 0 unspecified atom stereocenters. The minimum atomic E-state index is -0.949. The van der Waals surface area contributed by atoms with Crippen molar-refractivity contribution in [3.63, 3.8) is 0 Å². The molecule has 0 saturated carbocycles. The summed E-state index contributed by atoms with van der Waals surface area (Å²) in [5.41, 5.74) is 0.402. The Hall–Kier alpha value is -2.50. The quantitative estimate of drug-likeness (QED) is 0.660. The van der Waals surface area contributed by atoms with Crippen LogP contribution >= 0.6 is 23.2 Å². The van der Waals surface area contributed by atoms with Crippen molar-refractivity contribution in [2.45, 2.75) is 12.0 Å². The van der Waals surface area contributed by atoms with E-state index in [1.807, 2.05) is 24.3 Å². The highest BCUT2D eigenvalue weighted by Crippen LogP contribution is 2.44. The Morgan fingerprint density at radius 2 is 1.33 bits per heavy atom. The molecular formula is C20H16Cl2N2O3. The molecule has 0 saturated heterocycles. The molecule has 4 rings (SSSR count). The third-order valence-corrected chi connectivity index (χ3v) is 5.52. The molecule has 7 heteroatoms. The third kappa shape index (κ3) is 2.69. The number of benzene rings is 2. The summed E-state index contributed by atoms with van der Waals surface area (Å²) in [4.78, 5) is 25.1. The van der Waals surface area contributed by atoms with Gasteiger partial charge in [-0.3, -0.25) is 13.9 Å². The first-order valence-corrected chi connectivity index (χ1v) is 9.09. The minimum absolute atomic E-state index is 0.285. The van der Waals surface area contributed by atoms with Crippen LogP contribution in [0.15, 0.2) is 58.1 Å². The Labute approximate surface area is 165 Å². The molecule has 0 atom stereocenters. The number of hydrogen-bond acceptors (Lipinski definition) is 3. The summed E-state index contributed by atoms with van der Waals surface area (Å²) in [6.45, 7) is 0. The third-order valence-electron chi connectivity index (χ3n) is 5.02. The normalized spacial score (nSPS) is 14.7. The lowest BCUT2D eigenvalue weighted by molar-refractivity contribution is 0.128. The molecule has 0 spiro atoms. The molecule has 1 aliphatic heterocycles. The van der Waals surface area contributed by atoms with Crippen molar-refractivity contribution < 1.29 is 4.74 Å². The average Bonchev–Trinajstić information content (AvgIpc) is 3.08. The maximum atomic E-state index is 12.7. The first-order chi connectivity index (χ1) is 12.8. The summed E-state index contributed by atoms with van der Waals surface area (Å²) >= 11 is 12.1. The van der Waals surface area contributed by atoms with E-state index >= 15 is 0 Å². The van der Waals surface area contributed by atoms with Crippen LogP contribution in [0.3, 0.4) is 0 Å². The van der Waals surface area contributed by atoms with E-state index in [1.54, 1.807) is 31.3 Å². The Morgan fingerprint density at radius 1 is 0.852 bits per heavy atom. The van der Waals surface area contributed by atoms with Gasteiger partial charge in [-0.2, -0.15) is 0 Å². The molecule has 0 radical (unpaired) electrons. The van der Waals surface area contributed by atoms with Gasteiger partial charge in [0, 0.05) is 41.7 Å². The molecule has 2 aromatic carbocycles. The van der Waals surface area contributed by atoms with E-state index < -0.39 is 11.3 Å². The SMILES string of the molecule is Cn1c2c(c(=O)n(C)c1=O)CC(c1ccc(Cl)cc1)(c1ccc(Cl)cc1)O2. The highest BCUT2D eigenvalue weighted by Gasteiger charge is 2.45. The number of aromatic nitrogens is 2. The van der Waals surface area contributed by atoms with E-state index in [-0.39, 0.29) is 11.4 Å². The van der Waals surface area contributed by atoms with E-state index in [0.29, 0.717) is 22.0 Å². The lowest BCUT2D eigenvalue weighted by Crippen LogP contribution is -2.38. The fraction of sp³-hybridized carbons (Fsp3) is 0.200. The van der Waals surface area contributed by atoms with E-state index in [2.05, 4.69) is 0 Å². The van der Waals surface area contributed by atoms with Crippen molar-refractivity contribution in [3.8, 4) is 5.88 Å². The van der Waals surface area contributed by atoms with Crippen LogP contribution < -0.4 is 16.0 Å². The Balaban J connectivity index is 1.99. The van der Waals surface area contributed by atoms with Gasteiger partial charge in [0.05, 0.1) is 5.56 Å². The van der Waals surface area contributed by atoms with Crippen molar-refractivity contribution in [3.05, 3.63) is 96.1 Å². The van der Waals surface area contributed by atoms with Gasteiger partial charge in [-0.15, -0.1) is 0 Å². The molecule has 0 amide bonds. The summed E-state index contributed by atoms with van der Waals surface area (Å²) in [7, 11) is 3.07. The van der Waals surface area contributed by atoms with Crippen LogP contribution in [-0.2, 0) is 26.1 Å². The van der Waals surface area contributed by atoms with Crippen LogP contribution in [0.2, 0.25) is 10.0 Å². The second-order valence-electron chi connectivity index (χ2n) is 6.61. The first kappa shape index (κ1) is 17.9. The van der Waals surface area contributed by atoms with Crippen LogP contribution in [0.25, 0.3) is 0 Å². The zero-order valence-electron chi connectivity index (χ0n) is 14.7.